The summed E-state index contributed by atoms with van der Waals surface area (Å²) in [7, 11) is 2.09. The van der Waals surface area contributed by atoms with Crippen LogP contribution in [0.4, 0.5) is 19.0 Å². The summed E-state index contributed by atoms with van der Waals surface area (Å²) >= 11 is 0. The first-order valence-corrected chi connectivity index (χ1v) is 9.08. The molecule has 3 heterocycles. The quantitative estimate of drug-likeness (QED) is 0.668. The van der Waals surface area contributed by atoms with Crippen molar-refractivity contribution < 1.29 is 13.2 Å². The van der Waals surface area contributed by atoms with Crippen LogP contribution in [0.5, 0.6) is 0 Å². The highest BCUT2D eigenvalue weighted by atomic mass is 19.4. The molecule has 146 valence electrons. The van der Waals surface area contributed by atoms with E-state index in [1.54, 1.807) is 12.4 Å². The lowest BCUT2D eigenvalue weighted by Crippen LogP contribution is -2.51. The Kier molecular flexibility index (Phi) is 4.66. The van der Waals surface area contributed by atoms with Crippen LogP contribution < -0.4 is 4.90 Å². The van der Waals surface area contributed by atoms with Crippen LogP contribution in [0.25, 0.3) is 22.0 Å². The van der Waals surface area contributed by atoms with E-state index in [0.29, 0.717) is 11.3 Å². The van der Waals surface area contributed by atoms with Gasteiger partial charge in [-0.25, -0.2) is 0 Å². The SMILES string of the molecule is C[C@@H]1CN(C)CCN1c1nnc(-c2ccc(C(F)(F)F)cc2)c2ccncc12. The van der Waals surface area contributed by atoms with Gasteiger partial charge in [0, 0.05) is 54.4 Å². The molecule has 1 fully saturated rings. The van der Waals surface area contributed by atoms with Crippen LogP contribution in [-0.4, -0.2) is 52.8 Å². The molecule has 1 aliphatic rings. The highest BCUT2D eigenvalue weighted by molar-refractivity contribution is 5.99. The predicted octanol–water partition coefficient (Wildman–Crippen LogP) is 3.85. The summed E-state index contributed by atoms with van der Waals surface area (Å²) in [6.45, 7) is 4.82. The highest BCUT2D eigenvalue weighted by Crippen LogP contribution is 2.34. The second-order valence-corrected chi connectivity index (χ2v) is 7.17. The number of nitrogens with zero attached hydrogens (tertiary/aromatic N) is 5. The zero-order valence-electron chi connectivity index (χ0n) is 15.6. The number of hydrogen-bond acceptors (Lipinski definition) is 5. The van der Waals surface area contributed by atoms with E-state index in [0.717, 1.165) is 48.4 Å². The number of halogens is 3. The fourth-order valence-electron chi connectivity index (χ4n) is 3.68. The van der Waals surface area contributed by atoms with Gasteiger partial charge in [0.2, 0.25) is 0 Å². The number of rotatable bonds is 2. The lowest BCUT2D eigenvalue weighted by atomic mass is 10.0. The lowest BCUT2D eigenvalue weighted by Gasteiger charge is -2.39. The number of aromatic nitrogens is 3. The Labute approximate surface area is 160 Å². The van der Waals surface area contributed by atoms with E-state index >= 15 is 0 Å². The van der Waals surface area contributed by atoms with Crippen molar-refractivity contribution in [2.75, 3.05) is 31.6 Å². The maximum atomic E-state index is 12.9. The van der Waals surface area contributed by atoms with E-state index in [1.807, 2.05) is 6.07 Å². The van der Waals surface area contributed by atoms with Gasteiger partial charge in [-0.15, -0.1) is 10.2 Å². The van der Waals surface area contributed by atoms with Gasteiger partial charge in [-0.3, -0.25) is 4.98 Å². The van der Waals surface area contributed by atoms with Crippen LogP contribution in [-0.2, 0) is 6.18 Å². The Bertz CT molecular complexity index is 987. The molecule has 0 N–H and O–H groups in total. The van der Waals surface area contributed by atoms with Crippen LogP contribution in [0, 0.1) is 0 Å². The maximum absolute atomic E-state index is 12.9. The fraction of sp³-hybridized carbons (Fsp3) is 0.350. The lowest BCUT2D eigenvalue weighted by molar-refractivity contribution is -0.137. The number of benzene rings is 1. The Morgan fingerprint density at radius 2 is 1.75 bits per heavy atom. The molecule has 3 aromatic rings. The number of likely N-dealkylation sites (N-methyl/N-ethyl adjacent to an activating group) is 1. The molecule has 0 unspecified atom stereocenters. The van der Waals surface area contributed by atoms with Crippen LogP contribution in [0.3, 0.4) is 0 Å². The molecule has 1 aromatic carbocycles. The second kappa shape index (κ2) is 7.01. The van der Waals surface area contributed by atoms with Crippen molar-refractivity contribution in [2.24, 2.45) is 0 Å². The number of fused-ring (bicyclic) bond motifs is 1. The van der Waals surface area contributed by atoms with Crippen molar-refractivity contribution >= 4 is 16.6 Å². The standard InChI is InChI=1S/C20H20F3N5/c1-13-12-27(2)9-10-28(13)19-17-11-24-8-7-16(17)18(25-26-19)14-3-5-15(6-4-14)20(21,22)23/h3-8,11,13H,9-10,12H2,1-2H3/t13-/m1/s1. The Balaban J connectivity index is 1.78. The average Bonchev–Trinajstić information content (AvgIpc) is 2.67. The molecule has 1 saturated heterocycles. The Morgan fingerprint density at radius 3 is 2.43 bits per heavy atom. The van der Waals surface area contributed by atoms with E-state index in [-0.39, 0.29) is 6.04 Å². The monoisotopic (exact) mass is 387 g/mol. The molecule has 4 rings (SSSR count). The van der Waals surface area contributed by atoms with Gasteiger partial charge >= 0.3 is 6.18 Å². The van der Waals surface area contributed by atoms with Crippen molar-refractivity contribution in [1.29, 1.82) is 0 Å². The molecule has 8 heteroatoms. The van der Waals surface area contributed by atoms with E-state index in [9.17, 15) is 13.2 Å². The van der Waals surface area contributed by atoms with E-state index in [4.69, 9.17) is 0 Å². The minimum Gasteiger partial charge on any atom is -0.349 e. The third-order valence-electron chi connectivity index (χ3n) is 5.15. The average molecular weight is 387 g/mol. The smallest absolute Gasteiger partial charge is 0.349 e. The molecule has 5 nitrogen and oxygen atoms in total. The third-order valence-corrected chi connectivity index (χ3v) is 5.15. The van der Waals surface area contributed by atoms with Crippen molar-refractivity contribution in [3.8, 4) is 11.3 Å². The summed E-state index contributed by atoms with van der Waals surface area (Å²) in [5, 5.41) is 10.5. The first-order valence-electron chi connectivity index (χ1n) is 9.08. The molecule has 0 amide bonds. The van der Waals surface area contributed by atoms with Crippen LogP contribution in [0.15, 0.2) is 42.7 Å². The van der Waals surface area contributed by atoms with Crippen LogP contribution in [0.1, 0.15) is 12.5 Å². The number of hydrogen-bond donors (Lipinski definition) is 0. The number of anilines is 1. The molecule has 0 aliphatic carbocycles. The van der Waals surface area contributed by atoms with Gasteiger partial charge < -0.3 is 9.80 Å². The number of pyridine rings is 1. The van der Waals surface area contributed by atoms with Gasteiger partial charge in [0.25, 0.3) is 0 Å². The van der Waals surface area contributed by atoms with Crippen molar-refractivity contribution in [3.63, 3.8) is 0 Å². The van der Waals surface area contributed by atoms with Gasteiger partial charge in [-0.1, -0.05) is 12.1 Å². The molecule has 2 aromatic heterocycles. The Morgan fingerprint density at radius 1 is 1.00 bits per heavy atom. The number of piperazine rings is 1. The first-order chi connectivity index (χ1) is 13.3. The molecule has 0 radical (unpaired) electrons. The summed E-state index contributed by atoms with van der Waals surface area (Å²) in [6.07, 6.45) is -0.954. The van der Waals surface area contributed by atoms with Crippen molar-refractivity contribution in [2.45, 2.75) is 19.1 Å². The largest absolute Gasteiger partial charge is 0.416 e. The summed E-state index contributed by atoms with van der Waals surface area (Å²) < 4.78 is 38.6. The van der Waals surface area contributed by atoms with E-state index in [2.05, 4.69) is 39.0 Å². The van der Waals surface area contributed by atoms with E-state index < -0.39 is 11.7 Å². The molecule has 1 atom stereocenters. The molecular weight excluding hydrogens is 367 g/mol. The van der Waals surface area contributed by atoms with Crippen LogP contribution in [0.2, 0.25) is 0 Å². The van der Waals surface area contributed by atoms with Gasteiger partial charge in [-0.05, 0) is 32.2 Å². The van der Waals surface area contributed by atoms with Gasteiger partial charge in [0.15, 0.2) is 5.82 Å². The zero-order valence-corrected chi connectivity index (χ0v) is 15.6. The third kappa shape index (κ3) is 3.40. The minimum absolute atomic E-state index is 0.272. The fourth-order valence-corrected chi connectivity index (χ4v) is 3.68. The molecule has 0 spiro atoms. The molecular formula is C20H20F3N5. The zero-order chi connectivity index (χ0) is 19.9. The molecule has 28 heavy (non-hydrogen) atoms. The second-order valence-electron chi connectivity index (χ2n) is 7.17. The number of alkyl halides is 3. The summed E-state index contributed by atoms with van der Waals surface area (Å²) in [5.41, 5.74) is 0.462. The summed E-state index contributed by atoms with van der Waals surface area (Å²) in [5.74, 6) is 0.763. The van der Waals surface area contributed by atoms with Crippen molar-refractivity contribution in [3.05, 3.63) is 48.3 Å². The first kappa shape index (κ1) is 18.6. The molecule has 0 saturated carbocycles. The summed E-state index contributed by atoms with van der Waals surface area (Å²) in [6, 6.07) is 7.12. The maximum Gasteiger partial charge on any atom is 0.416 e. The van der Waals surface area contributed by atoms with Gasteiger partial charge in [-0.2, -0.15) is 13.2 Å². The predicted molar refractivity (Wildman–Crippen MR) is 102 cm³/mol. The van der Waals surface area contributed by atoms with Crippen molar-refractivity contribution in [1.82, 2.24) is 20.1 Å². The molecule has 0 bridgehead atoms. The summed E-state index contributed by atoms with van der Waals surface area (Å²) in [4.78, 5) is 8.72. The normalized spacial score (nSPS) is 18.6. The van der Waals surface area contributed by atoms with E-state index in [1.165, 1.54) is 12.1 Å². The Hall–Kier alpha value is -2.74. The highest BCUT2D eigenvalue weighted by Gasteiger charge is 2.30. The van der Waals surface area contributed by atoms with Crippen LogP contribution >= 0.6 is 0 Å². The molecule has 1 aliphatic heterocycles. The minimum atomic E-state index is -4.36. The topological polar surface area (TPSA) is 45.2 Å². The van der Waals surface area contributed by atoms with Gasteiger partial charge in [0.1, 0.15) is 5.69 Å². The van der Waals surface area contributed by atoms with Gasteiger partial charge in [0.05, 0.1) is 5.56 Å².